The normalized spacial score (nSPS) is 20.1. The second-order valence-corrected chi connectivity index (χ2v) is 5.32. The summed E-state index contributed by atoms with van der Waals surface area (Å²) in [5, 5.41) is 18.5. The molecule has 2 aromatic carbocycles. The number of carbonyl (C=O) groups is 1. The highest BCUT2D eigenvalue weighted by Gasteiger charge is 2.24. The zero-order chi connectivity index (χ0) is 14.1. The Morgan fingerprint density at radius 1 is 1.30 bits per heavy atom. The molecule has 1 amide bonds. The van der Waals surface area contributed by atoms with Gasteiger partial charge < -0.3 is 15.7 Å². The summed E-state index contributed by atoms with van der Waals surface area (Å²) in [4.78, 5) is 11.2. The van der Waals surface area contributed by atoms with Crippen molar-refractivity contribution in [3.05, 3.63) is 42.0 Å². The third-order valence-corrected chi connectivity index (χ3v) is 3.86. The molecule has 2 atom stereocenters. The summed E-state index contributed by atoms with van der Waals surface area (Å²) in [5.74, 6) is 0.401. The quantitative estimate of drug-likeness (QED) is 0.800. The van der Waals surface area contributed by atoms with Crippen LogP contribution in [-0.2, 0) is 4.79 Å². The van der Waals surface area contributed by atoms with Crippen LogP contribution in [0, 0.1) is 0 Å². The average Bonchev–Trinajstić information content (AvgIpc) is 2.84. The summed E-state index contributed by atoms with van der Waals surface area (Å²) < 4.78 is 0. The number of aromatic hydroxyl groups is 1. The van der Waals surface area contributed by atoms with E-state index in [4.69, 9.17) is 0 Å². The van der Waals surface area contributed by atoms with E-state index in [-0.39, 0.29) is 18.0 Å². The lowest BCUT2D eigenvalue weighted by molar-refractivity contribution is -0.119. The van der Waals surface area contributed by atoms with Gasteiger partial charge in [0.15, 0.2) is 0 Å². The molecular weight excluding hydrogens is 252 g/mol. The van der Waals surface area contributed by atoms with Crippen molar-refractivity contribution in [1.29, 1.82) is 0 Å². The molecule has 0 aromatic heterocycles. The smallest absolute Gasteiger partial charge is 0.221 e. The van der Waals surface area contributed by atoms with E-state index in [9.17, 15) is 9.90 Å². The summed E-state index contributed by atoms with van der Waals surface area (Å²) in [6.45, 7) is 2.66. The van der Waals surface area contributed by atoms with Crippen LogP contribution >= 0.6 is 0 Å². The van der Waals surface area contributed by atoms with Gasteiger partial charge in [-0.2, -0.15) is 0 Å². The number of benzene rings is 2. The topological polar surface area (TPSA) is 61.4 Å². The molecule has 20 heavy (non-hydrogen) atoms. The molecule has 3 N–H and O–H groups in total. The van der Waals surface area contributed by atoms with Crippen molar-refractivity contribution >= 4 is 16.7 Å². The molecular formula is C16H18N2O2. The maximum Gasteiger partial charge on any atom is 0.221 e. The van der Waals surface area contributed by atoms with Gasteiger partial charge >= 0.3 is 0 Å². The first-order valence-electron chi connectivity index (χ1n) is 6.88. The predicted octanol–water partition coefficient (Wildman–Crippen LogP) is 2.08. The molecule has 3 rings (SSSR count). The van der Waals surface area contributed by atoms with Crippen molar-refractivity contribution in [3.8, 4) is 5.75 Å². The molecule has 0 aliphatic carbocycles. The van der Waals surface area contributed by atoms with Crippen molar-refractivity contribution in [1.82, 2.24) is 10.6 Å². The Morgan fingerprint density at radius 3 is 2.85 bits per heavy atom. The molecule has 4 heteroatoms. The summed E-state index contributed by atoms with van der Waals surface area (Å²) in [7, 11) is 0. The fourth-order valence-corrected chi connectivity index (χ4v) is 2.79. The van der Waals surface area contributed by atoms with E-state index in [2.05, 4.69) is 10.6 Å². The van der Waals surface area contributed by atoms with Gasteiger partial charge in [-0.3, -0.25) is 4.79 Å². The average molecular weight is 270 g/mol. The second kappa shape index (κ2) is 5.13. The molecule has 4 nitrogen and oxygen atoms in total. The molecule has 1 heterocycles. The van der Waals surface area contributed by atoms with Crippen molar-refractivity contribution < 1.29 is 9.90 Å². The number of rotatable bonds is 3. The Morgan fingerprint density at radius 2 is 2.10 bits per heavy atom. The Labute approximate surface area is 117 Å². The lowest BCUT2D eigenvalue weighted by Crippen LogP contribution is -2.33. The number of hydrogen-bond acceptors (Lipinski definition) is 3. The van der Waals surface area contributed by atoms with Gasteiger partial charge in [0, 0.05) is 36.0 Å². The van der Waals surface area contributed by atoms with Crippen LogP contribution in [0.15, 0.2) is 36.4 Å². The molecule has 0 saturated carbocycles. The Hall–Kier alpha value is -2.07. The molecule has 1 aliphatic heterocycles. The van der Waals surface area contributed by atoms with Gasteiger partial charge in [0.05, 0.1) is 0 Å². The number of fused-ring (bicyclic) bond motifs is 1. The van der Waals surface area contributed by atoms with Crippen LogP contribution in [-0.4, -0.2) is 23.6 Å². The van der Waals surface area contributed by atoms with Crippen LogP contribution in [0.25, 0.3) is 10.8 Å². The summed E-state index contributed by atoms with van der Waals surface area (Å²) in [6, 6.07) is 11.9. The standard InChI is InChI=1S/C16H18N2O2/c1-10(18-12-8-15(19)17-9-12)13-7-6-11-4-2-3-5-14(11)16(13)20/h2-7,10,12,18,20H,8-9H2,1H3,(H,17,19). The third kappa shape index (κ3) is 2.34. The third-order valence-electron chi connectivity index (χ3n) is 3.86. The number of hydrogen-bond donors (Lipinski definition) is 3. The molecule has 2 unspecified atom stereocenters. The van der Waals surface area contributed by atoms with Gasteiger partial charge in [-0.25, -0.2) is 0 Å². The van der Waals surface area contributed by atoms with Crippen LogP contribution in [0.4, 0.5) is 0 Å². The molecule has 0 bridgehead atoms. The van der Waals surface area contributed by atoms with E-state index in [0.29, 0.717) is 18.7 Å². The predicted molar refractivity (Wildman–Crippen MR) is 78.6 cm³/mol. The zero-order valence-corrected chi connectivity index (χ0v) is 11.4. The minimum absolute atomic E-state index is 0.00249. The molecule has 0 radical (unpaired) electrons. The fourth-order valence-electron chi connectivity index (χ4n) is 2.79. The van der Waals surface area contributed by atoms with E-state index in [1.165, 1.54) is 0 Å². The van der Waals surface area contributed by atoms with E-state index < -0.39 is 0 Å². The largest absolute Gasteiger partial charge is 0.507 e. The summed E-state index contributed by atoms with van der Waals surface area (Å²) >= 11 is 0. The zero-order valence-electron chi connectivity index (χ0n) is 11.4. The van der Waals surface area contributed by atoms with Gasteiger partial charge in [-0.1, -0.05) is 36.4 Å². The van der Waals surface area contributed by atoms with Crippen LogP contribution in [0.5, 0.6) is 5.75 Å². The minimum atomic E-state index is -0.00249. The first-order chi connectivity index (χ1) is 9.65. The van der Waals surface area contributed by atoms with Crippen LogP contribution in [0.2, 0.25) is 0 Å². The van der Waals surface area contributed by atoms with E-state index in [1.54, 1.807) is 0 Å². The number of nitrogens with one attached hydrogen (secondary N) is 2. The van der Waals surface area contributed by atoms with Gasteiger partial charge in [0.1, 0.15) is 5.75 Å². The van der Waals surface area contributed by atoms with Crippen molar-refractivity contribution in [3.63, 3.8) is 0 Å². The molecule has 104 valence electrons. The lowest BCUT2D eigenvalue weighted by Gasteiger charge is -2.20. The Bertz CT molecular complexity index is 654. The lowest BCUT2D eigenvalue weighted by atomic mass is 10.0. The summed E-state index contributed by atoms with van der Waals surface area (Å²) in [5.41, 5.74) is 0.864. The first-order valence-corrected chi connectivity index (χ1v) is 6.88. The van der Waals surface area contributed by atoms with Gasteiger partial charge in [-0.15, -0.1) is 0 Å². The highest BCUT2D eigenvalue weighted by atomic mass is 16.3. The van der Waals surface area contributed by atoms with E-state index >= 15 is 0 Å². The maximum atomic E-state index is 11.2. The van der Waals surface area contributed by atoms with Crippen LogP contribution in [0.1, 0.15) is 24.9 Å². The second-order valence-electron chi connectivity index (χ2n) is 5.32. The van der Waals surface area contributed by atoms with Crippen molar-refractivity contribution in [2.24, 2.45) is 0 Å². The maximum absolute atomic E-state index is 11.2. The molecule has 2 aromatic rings. The summed E-state index contributed by atoms with van der Waals surface area (Å²) in [6.07, 6.45) is 0.499. The highest BCUT2D eigenvalue weighted by molar-refractivity contribution is 5.89. The SMILES string of the molecule is CC(NC1CNC(=O)C1)c1ccc2ccccc2c1O. The van der Waals surface area contributed by atoms with Gasteiger partial charge in [0.25, 0.3) is 0 Å². The number of amides is 1. The van der Waals surface area contributed by atoms with Gasteiger partial charge in [0.2, 0.25) is 5.91 Å². The fraction of sp³-hybridized carbons (Fsp3) is 0.312. The molecule has 1 aliphatic rings. The number of phenolic OH excluding ortho intramolecular Hbond substituents is 1. The molecule has 1 fully saturated rings. The number of carbonyl (C=O) groups excluding carboxylic acids is 1. The van der Waals surface area contributed by atoms with Crippen LogP contribution in [0.3, 0.4) is 0 Å². The Balaban J connectivity index is 1.86. The Kier molecular flexibility index (Phi) is 3.32. The van der Waals surface area contributed by atoms with E-state index in [1.807, 2.05) is 43.3 Å². The minimum Gasteiger partial charge on any atom is -0.507 e. The highest BCUT2D eigenvalue weighted by Crippen LogP contribution is 2.32. The molecule has 0 spiro atoms. The first kappa shape index (κ1) is 12.9. The van der Waals surface area contributed by atoms with Crippen molar-refractivity contribution in [2.45, 2.75) is 25.4 Å². The monoisotopic (exact) mass is 270 g/mol. The van der Waals surface area contributed by atoms with Crippen LogP contribution < -0.4 is 10.6 Å². The molecule has 1 saturated heterocycles. The van der Waals surface area contributed by atoms with E-state index in [0.717, 1.165) is 16.3 Å². The number of phenols is 1. The van der Waals surface area contributed by atoms with Crippen molar-refractivity contribution in [2.75, 3.05) is 6.54 Å². The van der Waals surface area contributed by atoms with Gasteiger partial charge in [-0.05, 0) is 12.3 Å².